The fourth-order valence-corrected chi connectivity index (χ4v) is 3.77. The number of nitrogens with zero attached hydrogens (tertiary/aromatic N) is 4. The lowest BCUT2D eigenvalue weighted by atomic mass is 10.1. The minimum atomic E-state index is -1.11. The standard InChI is InChI=1S/C20H22N6O6/c1-31-14(28)7-32-11-4-2-3-10(5-11)20(30)25-12-6-13(27)16(17(12)29)26-9-24-15-18(21)22-8-23-19(15)26/h2-5,8-9,12-13,16-17,27,29H,6-7H2,1H3,(H,25,30)(H2,21,22,23)/t12-,13+,16-,17-/m1/s1. The molecule has 0 bridgehead atoms. The van der Waals surface area contributed by atoms with Gasteiger partial charge in [-0.05, 0) is 24.6 Å². The molecule has 5 N–H and O–H groups in total. The summed E-state index contributed by atoms with van der Waals surface area (Å²) in [6, 6.07) is 4.73. The van der Waals surface area contributed by atoms with Crippen molar-refractivity contribution in [3.8, 4) is 5.75 Å². The van der Waals surface area contributed by atoms with Gasteiger partial charge in [0, 0.05) is 5.56 Å². The maximum atomic E-state index is 12.7. The number of hydrogen-bond acceptors (Lipinski definition) is 10. The molecule has 1 aromatic carbocycles. The Hall–Kier alpha value is -3.77. The van der Waals surface area contributed by atoms with Gasteiger partial charge in [0.2, 0.25) is 0 Å². The Labute approximate surface area is 182 Å². The third-order valence-electron chi connectivity index (χ3n) is 5.36. The molecule has 1 amide bonds. The summed E-state index contributed by atoms with van der Waals surface area (Å²) in [5.41, 5.74) is 6.82. The Morgan fingerprint density at radius 3 is 2.88 bits per heavy atom. The molecule has 0 saturated heterocycles. The average molecular weight is 442 g/mol. The van der Waals surface area contributed by atoms with Gasteiger partial charge in [0.25, 0.3) is 5.91 Å². The van der Waals surface area contributed by atoms with Crippen LogP contribution in [0, 0.1) is 0 Å². The highest BCUT2D eigenvalue weighted by Gasteiger charge is 2.44. The number of nitrogens with one attached hydrogen (secondary N) is 1. The molecule has 1 aliphatic rings. The van der Waals surface area contributed by atoms with Crippen molar-refractivity contribution in [2.75, 3.05) is 19.5 Å². The molecule has 4 rings (SSSR count). The first kappa shape index (κ1) is 21.5. The van der Waals surface area contributed by atoms with Crippen molar-refractivity contribution in [2.45, 2.75) is 30.7 Å². The number of nitrogens with two attached hydrogens (primary N) is 1. The molecule has 1 aliphatic carbocycles. The summed E-state index contributed by atoms with van der Waals surface area (Å²) in [4.78, 5) is 36.2. The summed E-state index contributed by atoms with van der Waals surface area (Å²) in [7, 11) is 1.25. The minimum absolute atomic E-state index is 0.121. The van der Waals surface area contributed by atoms with E-state index in [-0.39, 0.29) is 24.4 Å². The lowest BCUT2D eigenvalue weighted by Crippen LogP contribution is -2.42. The van der Waals surface area contributed by atoms with Crippen molar-refractivity contribution in [3.63, 3.8) is 0 Å². The molecular weight excluding hydrogens is 420 g/mol. The molecule has 0 radical (unpaired) electrons. The number of aromatic nitrogens is 4. The first-order valence-electron chi connectivity index (χ1n) is 9.78. The number of ether oxygens (including phenoxy) is 2. The Balaban J connectivity index is 1.48. The third kappa shape index (κ3) is 4.05. The number of benzene rings is 1. The number of methoxy groups -OCH3 is 1. The summed E-state index contributed by atoms with van der Waals surface area (Å²) in [5, 5.41) is 24.2. The van der Waals surface area contributed by atoms with Crippen molar-refractivity contribution in [2.24, 2.45) is 0 Å². The van der Waals surface area contributed by atoms with Gasteiger partial charge in [-0.25, -0.2) is 19.7 Å². The second-order valence-corrected chi connectivity index (χ2v) is 7.34. The van der Waals surface area contributed by atoms with Gasteiger partial charge < -0.3 is 35.3 Å². The Morgan fingerprint density at radius 1 is 1.28 bits per heavy atom. The molecule has 1 fully saturated rings. The molecule has 2 heterocycles. The number of rotatable bonds is 6. The smallest absolute Gasteiger partial charge is 0.343 e. The molecule has 12 heteroatoms. The van der Waals surface area contributed by atoms with Crippen LogP contribution in [0.2, 0.25) is 0 Å². The number of aliphatic hydroxyl groups excluding tert-OH is 2. The fraction of sp³-hybridized carbons (Fsp3) is 0.350. The lowest BCUT2D eigenvalue weighted by Gasteiger charge is -2.22. The zero-order valence-corrected chi connectivity index (χ0v) is 17.1. The summed E-state index contributed by atoms with van der Waals surface area (Å²) < 4.78 is 11.4. The largest absolute Gasteiger partial charge is 0.482 e. The van der Waals surface area contributed by atoms with Crippen LogP contribution in [0.4, 0.5) is 5.82 Å². The Kier molecular flexibility index (Phi) is 5.88. The number of aliphatic hydroxyl groups is 2. The fourth-order valence-electron chi connectivity index (χ4n) is 3.77. The molecule has 32 heavy (non-hydrogen) atoms. The number of nitrogen functional groups attached to an aromatic ring is 1. The van der Waals surface area contributed by atoms with Crippen molar-refractivity contribution < 1.29 is 29.3 Å². The first-order valence-corrected chi connectivity index (χ1v) is 9.78. The van der Waals surface area contributed by atoms with Gasteiger partial charge in [-0.2, -0.15) is 0 Å². The monoisotopic (exact) mass is 442 g/mol. The second kappa shape index (κ2) is 8.77. The summed E-state index contributed by atoms with van der Waals surface area (Å²) in [6.45, 7) is -0.288. The highest BCUT2D eigenvalue weighted by molar-refractivity contribution is 5.94. The van der Waals surface area contributed by atoms with Crippen molar-refractivity contribution in [1.82, 2.24) is 24.8 Å². The number of amides is 1. The average Bonchev–Trinajstić information content (AvgIpc) is 3.33. The molecule has 168 valence electrons. The third-order valence-corrected chi connectivity index (χ3v) is 5.36. The van der Waals surface area contributed by atoms with Crippen LogP contribution in [-0.4, -0.2) is 73.6 Å². The Bertz CT molecular complexity index is 1150. The molecular formula is C20H22N6O6. The quantitative estimate of drug-likeness (QED) is 0.362. The zero-order chi connectivity index (χ0) is 22.8. The Morgan fingerprint density at radius 2 is 2.09 bits per heavy atom. The van der Waals surface area contributed by atoms with E-state index in [4.69, 9.17) is 10.5 Å². The predicted octanol–water partition coefficient (Wildman–Crippen LogP) is -0.574. The topological polar surface area (TPSA) is 175 Å². The molecule has 3 aromatic rings. The highest BCUT2D eigenvalue weighted by Crippen LogP contribution is 2.33. The second-order valence-electron chi connectivity index (χ2n) is 7.34. The van der Waals surface area contributed by atoms with Crippen molar-refractivity contribution in [1.29, 1.82) is 0 Å². The number of esters is 1. The maximum Gasteiger partial charge on any atom is 0.343 e. The first-order chi connectivity index (χ1) is 15.4. The van der Waals surface area contributed by atoms with Crippen molar-refractivity contribution in [3.05, 3.63) is 42.5 Å². The molecule has 4 atom stereocenters. The van der Waals surface area contributed by atoms with E-state index in [0.717, 1.165) is 0 Å². The van der Waals surface area contributed by atoms with E-state index >= 15 is 0 Å². The van der Waals surface area contributed by atoms with E-state index in [2.05, 4.69) is 25.0 Å². The van der Waals surface area contributed by atoms with Crippen LogP contribution >= 0.6 is 0 Å². The van der Waals surface area contributed by atoms with Gasteiger partial charge in [0.05, 0.1) is 37.7 Å². The van der Waals surface area contributed by atoms with Crippen molar-refractivity contribution >= 4 is 28.9 Å². The summed E-state index contributed by atoms with van der Waals surface area (Å²) >= 11 is 0. The van der Waals surface area contributed by atoms with Crippen LogP contribution in [0.15, 0.2) is 36.9 Å². The van der Waals surface area contributed by atoms with E-state index in [9.17, 15) is 19.8 Å². The van der Waals surface area contributed by atoms with Gasteiger partial charge in [-0.1, -0.05) is 6.07 Å². The van der Waals surface area contributed by atoms with E-state index < -0.39 is 36.2 Å². The molecule has 0 unspecified atom stereocenters. The SMILES string of the molecule is COC(=O)COc1cccc(C(=O)N[C@@H]2C[C@H](O)[C@@H](n3cnc4c(N)ncnc43)[C@@H]2O)c1. The van der Waals surface area contributed by atoms with Crippen LogP contribution in [0.25, 0.3) is 11.2 Å². The number of carbonyl (C=O) groups excluding carboxylic acids is 2. The number of anilines is 1. The summed E-state index contributed by atoms with van der Waals surface area (Å²) in [5.74, 6) is -0.509. The number of carbonyl (C=O) groups is 2. The molecule has 1 saturated carbocycles. The number of fused-ring (bicyclic) bond motifs is 1. The van der Waals surface area contributed by atoms with Gasteiger partial charge in [-0.15, -0.1) is 0 Å². The minimum Gasteiger partial charge on any atom is -0.482 e. The maximum absolute atomic E-state index is 12.7. The van der Waals surface area contributed by atoms with Crippen LogP contribution in [-0.2, 0) is 9.53 Å². The predicted molar refractivity (Wildman–Crippen MR) is 111 cm³/mol. The molecule has 0 aliphatic heterocycles. The molecule has 12 nitrogen and oxygen atoms in total. The van der Waals surface area contributed by atoms with E-state index in [0.29, 0.717) is 16.9 Å². The van der Waals surface area contributed by atoms with Crippen LogP contribution in [0.3, 0.4) is 0 Å². The van der Waals surface area contributed by atoms with Crippen LogP contribution < -0.4 is 15.8 Å². The molecule has 2 aromatic heterocycles. The molecule has 0 spiro atoms. The van der Waals surface area contributed by atoms with E-state index in [1.165, 1.54) is 30.4 Å². The normalized spacial score (nSPS) is 22.6. The van der Waals surface area contributed by atoms with Gasteiger partial charge in [0.15, 0.2) is 18.1 Å². The van der Waals surface area contributed by atoms with Crippen LogP contribution in [0.5, 0.6) is 5.75 Å². The van der Waals surface area contributed by atoms with Gasteiger partial charge in [0.1, 0.15) is 17.6 Å². The summed E-state index contributed by atoms with van der Waals surface area (Å²) in [6.07, 6.45) is 0.757. The van der Waals surface area contributed by atoms with E-state index in [1.54, 1.807) is 18.2 Å². The van der Waals surface area contributed by atoms with E-state index in [1.807, 2.05) is 0 Å². The number of hydrogen-bond donors (Lipinski definition) is 4. The lowest BCUT2D eigenvalue weighted by molar-refractivity contribution is -0.142. The zero-order valence-electron chi connectivity index (χ0n) is 17.1. The van der Waals surface area contributed by atoms with Gasteiger partial charge in [-0.3, -0.25) is 4.79 Å². The van der Waals surface area contributed by atoms with Crippen LogP contribution in [0.1, 0.15) is 22.8 Å². The number of imidazole rings is 1. The van der Waals surface area contributed by atoms with Gasteiger partial charge >= 0.3 is 5.97 Å². The highest BCUT2D eigenvalue weighted by atomic mass is 16.6.